The fraction of sp³-hybridized carbons (Fsp3) is 0.0526. The van der Waals surface area contributed by atoms with Gasteiger partial charge in [-0.2, -0.15) is 0 Å². The molecule has 9 aromatic carbocycles. The molecule has 0 spiro atoms. The van der Waals surface area contributed by atoms with Gasteiger partial charge in [-0.25, -0.2) is 0 Å². The molecule has 1 aliphatic rings. The molecule has 0 nitrogen and oxygen atoms in total. The van der Waals surface area contributed by atoms with Gasteiger partial charge in [-0.15, -0.1) is 11.3 Å². The maximum Gasteiger partial charge on any atom is 0.0713 e. The molecule has 1 heterocycles. The summed E-state index contributed by atoms with van der Waals surface area (Å²) in [6, 6.07) is 83.5. The zero-order valence-electron chi connectivity index (χ0n) is 32.1. The van der Waals surface area contributed by atoms with Crippen LogP contribution >= 0.6 is 11.3 Å². The van der Waals surface area contributed by atoms with Gasteiger partial charge in [0.15, 0.2) is 0 Å². The first-order chi connectivity index (χ1) is 28.8. The zero-order valence-corrected chi connectivity index (χ0v) is 32.9. The molecule has 0 fully saturated rings. The first kappa shape index (κ1) is 34.4. The molecule has 0 saturated carbocycles. The van der Waals surface area contributed by atoms with Gasteiger partial charge in [-0.3, -0.25) is 0 Å². The van der Waals surface area contributed by atoms with Crippen molar-refractivity contribution in [1.82, 2.24) is 0 Å². The Balaban J connectivity index is 1.11. The smallest absolute Gasteiger partial charge is 0.0713 e. The maximum atomic E-state index is 2.49. The predicted octanol–water partition coefficient (Wildman–Crippen LogP) is 15.1. The highest BCUT2D eigenvalue weighted by molar-refractivity contribution is 7.25. The van der Waals surface area contributed by atoms with Gasteiger partial charge in [0.05, 0.1) is 5.41 Å². The van der Waals surface area contributed by atoms with E-state index >= 15 is 0 Å². The Morgan fingerprint density at radius 3 is 1.59 bits per heavy atom. The maximum absolute atomic E-state index is 2.49. The second-order valence-electron chi connectivity index (χ2n) is 15.6. The topological polar surface area (TPSA) is 0 Å². The lowest BCUT2D eigenvalue weighted by molar-refractivity contribution is 0.762. The summed E-state index contributed by atoms with van der Waals surface area (Å²) in [6.07, 6.45) is 0.881. The van der Waals surface area contributed by atoms with Crippen molar-refractivity contribution in [2.24, 2.45) is 0 Å². The number of fused-ring (bicyclic) bond motifs is 6. The van der Waals surface area contributed by atoms with Crippen LogP contribution in [0.25, 0.3) is 53.6 Å². The molecule has 0 aliphatic heterocycles. The van der Waals surface area contributed by atoms with Crippen molar-refractivity contribution < 1.29 is 0 Å². The molecular formula is C57H40S. The van der Waals surface area contributed by atoms with E-state index in [0.717, 1.165) is 6.42 Å². The van der Waals surface area contributed by atoms with Crippen molar-refractivity contribution in [3.63, 3.8) is 0 Å². The van der Waals surface area contributed by atoms with Crippen LogP contribution in [-0.4, -0.2) is 0 Å². The average Bonchev–Trinajstić information content (AvgIpc) is 3.83. The van der Waals surface area contributed by atoms with Gasteiger partial charge in [-0.1, -0.05) is 212 Å². The quantitative estimate of drug-likeness (QED) is 0.145. The summed E-state index contributed by atoms with van der Waals surface area (Å²) in [5, 5.41) is 2.65. The van der Waals surface area contributed by atoms with Crippen LogP contribution in [0.2, 0.25) is 0 Å². The Bertz CT molecular complexity index is 3010. The molecule has 0 N–H and O–H groups in total. The second-order valence-corrected chi connectivity index (χ2v) is 16.6. The zero-order chi connectivity index (χ0) is 38.5. The lowest BCUT2D eigenvalue weighted by Gasteiger charge is -2.34. The Hall–Kier alpha value is -6.80. The van der Waals surface area contributed by atoms with Crippen LogP contribution in [0.3, 0.4) is 0 Å². The minimum Gasteiger partial charge on any atom is -0.135 e. The molecule has 1 aliphatic carbocycles. The van der Waals surface area contributed by atoms with E-state index in [9.17, 15) is 0 Å². The number of hydrogen-bond donors (Lipinski definition) is 0. The summed E-state index contributed by atoms with van der Waals surface area (Å²) in [5.41, 5.74) is 16.6. The van der Waals surface area contributed by atoms with E-state index in [0.29, 0.717) is 0 Å². The monoisotopic (exact) mass is 756 g/mol. The van der Waals surface area contributed by atoms with Gasteiger partial charge in [0, 0.05) is 26.1 Å². The van der Waals surface area contributed by atoms with E-state index in [1.54, 1.807) is 0 Å². The molecule has 1 unspecified atom stereocenters. The van der Waals surface area contributed by atoms with Crippen molar-refractivity contribution in [3.05, 3.63) is 263 Å². The van der Waals surface area contributed by atoms with Crippen molar-refractivity contribution in [1.29, 1.82) is 0 Å². The molecule has 58 heavy (non-hydrogen) atoms. The Morgan fingerprint density at radius 1 is 0.397 bits per heavy atom. The molecular weight excluding hydrogens is 717 g/mol. The van der Waals surface area contributed by atoms with Crippen LogP contribution in [-0.2, 0) is 11.8 Å². The van der Waals surface area contributed by atoms with Gasteiger partial charge in [0.2, 0.25) is 0 Å². The summed E-state index contributed by atoms with van der Waals surface area (Å²) in [7, 11) is 0. The molecule has 1 heteroatoms. The Kier molecular flexibility index (Phi) is 8.49. The van der Waals surface area contributed by atoms with Gasteiger partial charge in [0.1, 0.15) is 0 Å². The molecule has 274 valence electrons. The van der Waals surface area contributed by atoms with E-state index in [1.165, 1.54) is 92.5 Å². The van der Waals surface area contributed by atoms with Crippen LogP contribution in [0.5, 0.6) is 0 Å². The highest BCUT2D eigenvalue weighted by Crippen LogP contribution is 2.58. The molecule has 0 amide bonds. The highest BCUT2D eigenvalue weighted by atomic mass is 32.1. The highest BCUT2D eigenvalue weighted by Gasteiger charge is 2.47. The fourth-order valence-electron chi connectivity index (χ4n) is 9.74. The second kappa shape index (κ2) is 14.3. The molecule has 0 radical (unpaired) electrons. The van der Waals surface area contributed by atoms with Crippen LogP contribution in [0, 0.1) is 0 Å². The largest absolute Gasteiger partial charge is 0.135 e. The lowest BCUT2D eigenvalue weighted by atomic mass is 9.67. The van der Waals surface area contributed by atoms with Gasteiger partial charge >= 0.3 is 0 Å². The predicted molar refractivity (Wildman–Crippen MR) is 246 cm³/mol. The molecule has 11 rings (SSSR count). The SMILES string of the molecule is c1ccc(-c2ccc(CC(c3ccc4c(c3)sc3cc(-c5ccccc5)ccc34)c3cccc4c3-c3ccccc3C4(c3ccccc3)c3ccccc3)cc2)cc1. The van der Waals surface area contributed by atoms with E-state index in [-0.39, 0.29) is 5.92 Å². The number of benzene rings is 9. The number of rotatable bonds is 8. The van der Waals surface area contributed by atoms with Crippen LogP contribution in [0.4, 0.5) is 0 Å². The third kappa shape index (κ3) is 5.65. The third-order valence-corrected chi connectivity index (χ3v) is 13.5. The van der Waals surface area contributed by atoms with Crippen molar-refractivity contribution in [3.8, 4) is 33.4 Å². The van der Waals surface area contributed by atoms with Crippen molar-refractivity contribution in [2.45, 2.75) is 17.8 Å². The van der Waals surface area contributed by atoms with Gasteiger partial charge < -0.3 is 0 Å². The Labute approximate surface area is 344 Å². The minimum absolute atomic E-state index is 0.113. The van der Waals surface area contributed by atoms with E-state index in [2.05, 4.69) is 224 Å². The average molecular weight is 757 g/mol. The van der Waals surface area contributed by atoms with Crippen LogP contribution < -0.4 is 0 Å². The molecule has 10 aromatic rings. The van der Waals surface area contributed by atoms with Gasteiger partial charge in [0.25, 0.3) is 0 Å². The summed E-state index contributed by atoms with van der Waals surface area (Å²) in [4.78, 5) is 0. The van der Waals surface area contributed by atoms with Gasteiger partial charge in [-0.05, 0) is 90.9 Å². The summed E-state index contributed by atoms with van der Waals surface area (Å²) < 4.78 is 2.66. The van der Waals surface area contributed by atoms with Crippen molar-refractivity contribution >= 4 is 31.5 Å². The summed E-state index contributed by atoms with van der Waals surface area (Å²) in [6.45, 7) is 0. The third-order valence-electron chi connectivity index (χ3n) is 12.4. The molecule has 1 atom stereocenters. The summed E-state index contributed by atoms with van der Waals surface area (Å²) >= 11 is 1.91. The summed E-state index contributed by atoms with van der Waals surface area (Å²) in [5.74, 6) is 0.113. The first-order valence-corrected chi connectivity index (χ1v) is 21.1. The lowest BCUT2D eigenvalue weighted by Crippen LogP contribution is -2.28. The Morgan fingerprint density at radius 2 is 0.914 bits per heavy atom. The number of hydrogen-bond acceptors (Lipinski definition) is 1. The minimum atomic E-state index is -0.446. The first-order valence-electron chi connectivity index (χ1n) is 20.3. The van der Waals surface area contributed by atoms with Crippen LogP contribution in [0.15, 0.2) is 224 Å². The van der Waals surface area contributed by atoms with E-state index in [1.807, 2.05) is 11.3 Å². The van der Waals surface area contributed by atoms with E-state index < -0.39 is 5.41 Å². The standard InChI is InChI=1S/C57H40S/c1-5-16-40(17-6-1)42-30-28-39(29-31-42)36-51(44-33-35-48-47-34-32-43(41-18-7-2-8-19-41)37-54(47)58-55(48)38-44)49-25-15-27-53-56(49)50-24-13-14-26-52(50)57(53,45-20-9-3-10-21-45)46-22-11-4-12-23-46/h1-35,37-38,51H,36H2. The molecule has 0 bridgehead atoms. The molecule has 1 aromatic heterocycles. The van der Waals surface area contributed by atoms with E-state index in [4.69, 9.17) is 0 Å². The fourth-order valence-corrected chi connectivity index (χ4v) is 10.9. The number of thiophene rings is 1. The van der Waals surface area contributed by atoms with Crippen molar-refractivity contribution in [2.75, 3.05) is 0 Å². The molecule has 0 saturated heterocycles. The van der Waals surface area contributed by atoms with Crippen LogP contribution in [0.1, 0.15) is 44.9 Å². The normalized spacial score (nSPS) is 13.3.